The summed E-state index contributed by atoms with van der Waals surface area (Å²) in [5.41, 5.74) is 4.42. The SMILES string of the molecule is COS(=O)(=O)Oc1c2ccc3c4ccc5c6c(ccc(c7ccc(c2c37)c2nc3ccccc3n12)c46)c(OSO)n1c2ccccc2nc51. The van der Waals surface area contributed by atoms with Crippen molar-refractivity contribution in [2.24, 2.45) is 0 Å². The van der Waals surface area contributed by atoms with Crippen molar-refractivity contribution in [3.05, 3.63) is 97.1 Å². The van der Waals surface area contributed by atoms with E-state index in [0.29, 0.717) is 40.3 Å². The molecule has 0 aliphatic heterocycles. The Balaban J connectivity index is 1.36. The van der Waals surface area contributed by atoms with Gasteiger partial charge in [0.2, 0.25) is 24.1 Å². The molecule has 0 atom stereocenters. The fourth-order valence-electron chi connectivity index (χ4n) is 8.01. The lowest BCUT2D eigenvalue weighted by atomic mass is 9.86. The number of hydrogen-bond acceptors (Lipinski definition) is 9. The van der Waals surface area contributed by atoms with Crippen LogP contribution in [0.4, 0.5) is 0 Å². The second kappa shape index (κ2) is 9.27. The highest BCUT2D eigenvalue weighted by atomic mass is 32.3. The second-order valence-corrected chi connectivity index (χ2v) is 13.7. The first-order chi connectivity index (χ1) is 24.0. The summed E-state index contributed by atoms with van der Waals surface area (Å²) < 4.78 is 55.7. The standard InChI is InChI=1S/C37H20N4O6S2/c1-45-49(43,44)47-37-25-17-13-21-18-10-14-22-32-24(36(46-48-42)40-28-8-4-2-6-26(28)38-34(22)40)16-12-20(30(18)32)19-11-15-23(33(25)31(19)21)35-39-27-7-3-5-9-29(27)41(35)37/h2-17,42H,1H3. The Labute approximate surface area is 280 Å². The number of rotatable bonds is 5. The van der Waals surface area contributed by atoms with Gasteiger partial charge in [-0.15, -0.1) is 0 Å². The van der Waals surface area contributed by atoms with Crippen molar-refractivity contribution in [2.75, 3.05) is 7.11 Å². The highest BCUT2D eigenvalue weighted by molar-refractivity contribution is 7.89. The zero-order valence-electron chi connectivity index (χ0n) is 25.3. The topological polar surface area (TPSA) is 117 Å². The van der Waals surface area contributed by atoms with Crippen molar-refractivity contribution in [2.45, 2.75) is 0 Å². The Hall–Kier alpha value is -5.66. The number of fused-ring (bicyclic) bond motifs is 10. The average Bonchev–Trinajstić information content (AvgIpc) is 3.71. The number of aromatic nitrogens is 4. The molecule has 0 aliphatic rings. The number of nitrogens with zero attached hydrogens (tertiary/aromatic N) is 4. The average molecular weight is 681 g/mol. The molecule has 4 aromatic heterocycles. The van der Waals surface area contributed by atoms with Gasteiger partial charge in [0, 0.05) is 32.3 Å². The fourth-order valence-corrected chi connectivity index (χ4v) is 8.67. The summed E-state index contributed by atoms with van der Waals surface area (Å²) in [5, 5.41) is 11.1. The lowest BCUT2D eigenvalue weighted by Crippen LogP contribution is -2.13. The van der Waals surface area contributed by atoms with Crippen molar-refractivity contribution >= 4 is 121 Å². The van der Waals surface area contributed by atoms with Gasteiger partial charge >= 0.3 is 10.4 Å². The molecular formula is C37H20N4O6S2. The summed E-state index contributed by atoms with van der Waals surface area (Å²) in [6, 6.07) is 31.8. The van der Waals surface area contributed by atoms with Gasteiger partial charge in [0.1, 0.15) is 11.3 Å². The second-order valence-electron chi connectivity index (χ2n) is 12.1. The van der Waals surface area contributed by atoms with E-state index >= 15 is 0 Å². The van der Waals surface area contributed by atoms with Gasteiger partial charge in [-0.1, -0.05) is 48.5 Å². The molecule has 0 aliphatic carbocycles. The van der Waals surface area contributed by atoms with Gasteiger partial charge in [-0.05, 0) is 80.8 Å². The van der Waals surface area contributed by atoms with Crippen LogP contribution in [0, 0.1) is 0 Å². The lowest BCUT2D eigenvalue weighted by molar-refractivity contribution is 0.327. The Kier molecular flexibility index (Phi) is 5.17. The maximum Gasteiger partial charge on any atom is 0.450 e. The highest BCUT2D eigenvalue weighted by Crippen LogP contribution is 2.50. The molecule has 0 unspecified atom stereocenters. The van der Waals surface area contributed by atoms with Gasteiger partial charge in [0.05, 0.1) is 29.2 Å². The number of hydrogen-bond donors (Lipinski definition) is 1. The van der Waals surface area contributed by atoms with Crippen LogP contribution in [0.3, 0.4) is 0 Å². The summed E-state index contributed by atoms with van der Waals surface area (Å²) in [5.74, 6) is 0.590. The summed E-state index contributed by atoms with van der Waals surface area (Å²) in [6.45, 7) is 0. The maximum absolute atomic E-state index is 12.8. The van der Waals surface area contributed by atoms with Crippen LogP contribution in [0.25, 0.3) is 98.0 Å². The van der Waals surface area contributed by atoms with Gasteiger partial charge in [0.25, 0.3) is 0 Å². The number of imidazole rings is 2. The maximum atomic E-state index is 12.8. The summed E-state index contributed by atoms with van der Waals surface area (Å²) >= 11 is 0.309. The summed E-state index contributed by atoms with van der Waals surface area (Å²) in [7, 11) is -3.30. The van der Waals surface area contributed by atoms with Crippen LogP contribution in [0.5, 0.6) is 11.8 Å². The van der Waals surface area contributed by atoms with Crippen molar-refractivity contribution in [1.82, 2.24) is 18.8 Å². The normalized spacial score (nSPS) is 13.0. The van der Waals surface area contributed by atoms with Crippen molar-refractivity contribution in [1.29, 1.82) is 0 Å². The van der Waals surface area contributed by atoms with Crippen LogP contribution in [-0.4, -0.2) is 38.8 Å². The summed E-state index contributed by atoms with van der Waals surface area (Å²) in [4.78, 5) is 9.96. The molecule has 10 nitrogen and oxygen atoms in total. The van der Waals surface area contributed by atoms with Crippen LogP contribution in [0.15, 0.2) is 97.1 Å². The third-order valence-electron chi connectivity index (χ3n) is 9.87. The minimum Gasteiger partial charge on any atom is -0.380 e. The van der Waals surface area contributed by atoms with Crippen LogP contribution in [0.2, 0.25) is 0 Å². The molecule has 0 bridgehead atoms. The highest BCUT2D eigenvalue weighted by Gasteiger charge is 2.27. The predicted octanol–water partition coefficient (Wildman–Crippen LogP) is 8.85. The molecule has 0 radical (unpaired) electrons. The fraction of sp³-hybridized carbons (Fsp3) is 0.0270. The van der Waals surface area contributed by atoms with E-state index in [9.17, 15) is 13.0 Å². The number of benzene rings is 7. The van der Waals surface area contributed by atoms with Crippen LogP contribution in [-0.2, 0) is 14.6 Å². The van der Waals surface area contributed by atoms with Crippen molar-refractivity contribution < 1.29 is 25.5 Å². The van der Waals surface area contributed by atoms with E-state index in [-0.39, 0.29) is 5.88 Å². The van der Waals surface area contributed by atoms with E-state index in [1.165, 1.54) is 0 Å². The van der Waals surface area contributed by atoms with E-state index in [0.717, 1.165) is 83.0 Å². The van der Waals surface area contributed by atoms with E-state index in [1.807, 2.05) is 77.2 Å². The van der Waals surface area contributed by atoms with Gasteiger partial charge in [-0.3, -0.25) is 13.4 Å². The van der Waals surface area contributed by atoms with Gasteiger partial charge in [0.15, 0.2) is 0 Å². The van der Waals surface area contributed by atoms with E-state index in [1.54, 1.807) is 4.40 Å². The van der Waals surface area contributed by atoms with Gasteiger partial charge in [-0.25, -0.2) is 14.2 Å². The molecule has 0 saturated carbocycles. The smallest absolute Gasteiger partial charge is 0.380 e. The molecule has 0 spiro atoms. The first kappa shape index (κ1) is 27.3. The molecule has 4 heterocycles. The number of para-hydroxylation sites is 4. The first-order valence-electron chi connectivity index (χ1n) is 15.4. The zero-order valence-corrected chi connectivity index (χ0v) is 27.0. The first-order valence-corrected chi connectivity index (χ1v) is 17.4. The molecule has 11 rings (SSSR count). The van der Waals surface area contributed by atoms with Crippen LogP contribution >= 0.6 is 12.3 Å². The molecule has 0 amide bonds. The zero-order chi connectivity index (χ0) is 32.8. The molecule has 236 valence electrons. The quantitative estimate of drug-likeness (QED) is 0.108. The van der Waals surface area contributed by atoms with Gasteiger partial charge in [-0.2, -0.15) is 8.42 Å². The van der Waals surface area contributed by atoms with Gasteiger partial charge < -0.3 is 8.37 Å². The Morgan fingerprint density at radius 1 is 0.571 bits per heavy atom. The van der Waals surface area contributed by atoms with Crippen LogP contribution in [0.1, 0.15) is 0 Å². The molecule has 0 saturated heterocycles. The minimum atomic E-state index is -4.38. The van der Waals surface area contributed by atoms with E-state index in [2.05, 4.69) is 24.3 Å². The third-order valence-corrected chi connectivity index (χ3v) is 10.9. The largest absolute Gasteiger partial charge is 0.450 e. The molecule has 11 aromatic rings. The van der Waals surface area contributed by atoms with Crippen LogP contribution < -0.4 is 8.37 Å². The summed E-state index contributed by atoms with van der Waals surface area (Å²) in [6.07, 6.45) is 0. The Morgan fingerprint density at radius 2 is 0.980 bits per heavy atom. The van der Waals surface area contributed by atoms with E-state index in [4.69, 9.17) is 22.5 Å². The molecule has 1 N–H and O–H groups in total. The molecule has 12 heteroatoms. The molecule has 7 aromatic carbocycles. The minimum absolute atomic E-state index is 0.106. The lowest BCUT2D eigenvalue weighted by Gasteiger charge is -2.20. The molecule has 0 fully saturated rings. The van der Waals surface area contributed by atoms with Crippen molar-refractivity contribution in [3.63, 3.8) is 0 Å². The van der Waals surface area contributed by atoms with E-state index < -0.39 is 10.4 Å². The molecule has 49 heavy (non-hydrogen) atoms. The monoisotopic (exact) mass is 680 g/mol. The number of pyridine rings is 2. The Morgan fingerprint density at radius 3 is 1.47 bits per heavy atom. The molecular weight excluding hydrogens is 661 g/mol. The third kappa shape index (κ3) is 3.35. The Bertz CT molecular complexity index is 3320. The van der Waals surface area contributed by atoms with Crippen molar-refractivity contribution in [3.8, 4) is 11.8 Å². The predicted molar refractivity (Wildman–Crippen MR) is 194 cm³/mol.